The van der Waals surface area contributed by atoms with Crippen molar-refractivity contribution in [2.45, 2.75) is 0 Å². The summed E-state index contributed by atoms with van der Waals surface area (Å²) in [6.07, 6.45) is 0. The molecule has 0 aliphatic rings. The van der Waals surface area contributed by atoms with Crippen LogP contribution in [-0.2, 0) is 40.8 Å². The minimum absolute atomic E-state index is 0. The predicted octanol–water partition coefficient (Wildman–Crippen LogP) is -2.22. The van der Waals surface area contributed by atoms with Gasteiger partial charge in [0.05, 0.1) is 0 Å². The first-order chi connectivity index (χ1) is 1.00. The van der Waals surface area contributed by atoms with E-state index >= 15 is 0 Å². The zero-order chi connectivity index (χ0) is 2.00. The van der Waals surface area contributed by atoms with Crippen LogP contribution in [0.15, 0.2) is 0 Å². The Morgan fingerprint density at radius 2 is 1.20 bits per heavy atom. The molecule has 0 amide bonds. The number of hydrogen-bond donors (Lipinski definition) is 0. The van der Waals surface area contributed by atoms with Crippen LogP contribution in [0.5, 0.6) is 0 Å². The second kappa shape index (κ2) is 29.0. The fraction of sp³-hybridized carbons (Fsp3) is 0. The molecule has 5 heteroatoms. The van der Waals surface area contributed by atoms with Crippen molar-refractivity contribution >= 4 is 55.1 Å². The van der Waals surface area contributed by atoms with Crippen molar-refractivity contribution in [2.75, 3.05) is 0 Å². The summed E-state index contributed by atoms with van der Waals surface area (Å²) >= 11 is 0.750. The Morgan fingerprint density at radius 3 is 1.20 bits per heavy atom. The third kappa shape index (κ3) is 19.9. The molecule has 0 saturated heterocycles. The Bertz CT molecular complexity index is 11.6. The van der Waals surface area contributed by atoms with E-state index in [-0.39, 0.29) is 72.2 Å². The van der Waals surface area contributed by atoms with Crippen LogP contribution < -0.4 is 0 Å². The zero-order valence-corrected chi connectivity index (χ0v) is 4.03. The van der Waals surface area contributed by atoms with Crippen molar-refractivity contribution in [3.8, 4) is 0 Å². The molecule has 0 rings (SSSR count). The second-order valence-corrected chi connectivity index (χ2v) is 0. The van der Waals surface area contributed by atoms with Gasteiger partial charge in [0.1, 0.15) is 0 Å². The van der Waals surface area contributed by atoms with Gasteiger partial charge >= 0.3 is 61.5 Å². The molecule has 1 nitrogen and oxygen atoms in total. The van der Waals surface area contributed by atoms with Crippen LogP contribution in [-0.4, -0.2) is 55.1 Å². The molecule has 0 aromatic heterocycles. The maximum absolute atomic E-state index is 8.25. The van der Waals surface area contributed by atoms with Gasteiger partial charge < -0.3 is 0 Å². The fourth-order valence-corrected chi connectivity index (χ4v) is 0. The SMILES string of the molecule is [AlH3].[CaH2].[Mn].[O]=[Ti]. The Kier molecular flexibility index (Phi) is 145. The summed E-state index contributed by atoms with van der Waals surface area (Å²) in [6.45, 7) is 0. The van der Waals surface area contributed by atoms with E-state index in [0.29, 0.717) is 0 Å². The molecule has 27 valence electrons. The van der Waals surface area contributed by atoms with Gasteiger partial charge in [-0.1, -0.05) is 0 Å². The van der Waals surface area contributed by atoms with Crippen LogP contribution >= 0.6 is 0 Å². The van der Waals surface area contributed by atoms with Crippen LogP contribution in [0.1, 0.15) is 0 Å². The monoisotopic (exact) mass is 191 g/mol. The van der Waals surface area contributed by atoms with Gasteiger partial charge in [0.2, 0.25) is 0 Å². The van der Waals surface area contributed by atoms with Crippen molar-refractivity contribution in [1.82, 2.24) is 0 Å². The molecule has 0 aliphatic carbocycles. The molecule has 0 aliphatic heterocycles. The summed E-state index contributed by atoms with van der Waals surface area (Å²) in [5, 5.41) is 0. The van der Waals surface area contributed by atoms with E-state index in [2.05, 4.69) is 0 Å². The van der Waals surface area contributed by atoms with E-state index in [9.17, 15) is 0 Å². The Balaban J connectivity index is -0.00000000167. The molecule has 0 bridgehead atoms. The maximum atomic E-state index is 8.25. The molecule has 5 heavy (non-hydrogen) atoms. The third-order valence-electron chi connectivity index (χ3n) is 0. The van der Waals surface area contributed by atoms with E-state index < -0.39 is 0 Å². The Morgan fingerprint density at radius 1 is 1.20 bits per heavy atom. The average Bonchev–Trinajstić information content (AvgIpc) is 1.00. The van der Waals surface area contributed by atoms with Crippen LogP contribution in [0.2, 0.25) is 0 Å². The van der Waals surface area contributed by atoms with E-state index in [1.54, 1.807) is 0 Å². The predicted molar refractivity (Wildman–Crippen MR) is 19.2 cm³/mol. The van der Waals surface area contributed by atoms with Gasteiger partial charge in [-0.05, 0) is 0 Å². The summed E-state index contributed by atoms with van der Waals surface area (Å²) in [7, 11) is 0. The molecule has 0 unspecified atom stereocenters. The van der Waals surface area contributed by atoms with Gasteiger partial charge in [-0.15, -0.1) is 0 Å². The van der Waals surface area contributed by atoms with Crippen molar-refractivity contribution in [3.05, 3.63) is 0 Å². The molecule has 0 atom stereocenters. The molecule has 0 N–H and O–H groups in total. The molecular weight excluding hydrogens is 186 g/mol. The van der Waals surface area contributed by atoms with Crippen molar-refractivity contribution < 1.29 is 40.8 Å². The van der Waals surface area contributed by atoms with E-state index in [4.69, 9.17) is 3.32 Å². The molecular formula is H5AlCaMnOTi. The molecule has 1 radical (unpaired) electrons. The molecule has 0 spiro atoms. The first kappa shape index (κ1) is 24.9. The molecule has 0 fully saturated rings. The van der Waals surface area contributed by atoms with E-state index in [0.717, 1.165) is 20.4 Å². The van der Waals surface area contributed by atoms with Gasteiger partial charge in [-0.3, -0.25) is 0 Å². The number of hydrogen-bond acceptors (Lipinski definition) is 1. The van der Waals surface area contributed by atoms with Gasteiger partial charge in [-0.2, -0.15) is 0 Å². The Hall–Kier alpha value is 2.83. The zero-order valence-electron chi connectivity index (χ0n) is 1.29. The summed E-state index contributed by atoms with van der Waals surface area (Å²) in [4.78, 5) is 0. The first-order valence-corrected chi connectivity index (χ1v) is 0.842. The van der Waals surface area contributed by atoms with Gasteiger partial charge in [0.15, 0.2) is 17.4 Å². The van der Waals surface area contributed by atoms with Gasteiger partial charge in [0.25, 0.3) is 0 Å². The molecule has 0 heterocycles. The van der Waals surface area contributed by atoms with Gasteiger partial charge in [-0.25, -0.2) is 0 Å². The fourth-order valence-electron chi connectivity index (χ4n) is 0. The quantitative estimate of drug-likeness (QED) is 0.396. The van der Waals surface area contributed by atoms with E-state index in [1.807, 2.05) is 0 Å². The summed E-state index contributed by atoms with van der Waals surface area (Å²) in [5.74, 6) is 0. The van der Waals surface area contributed by atoms with Crippen molar-refractivity contribution in [2.24, 2.45) is 0 Å². The topological polar surface area (TPSA) is 17.1 Å². The first-order valence-electron chi connectivity index (χ1n) is 0.204. The van der Waals surface area contributed by atoms with Gasteiger partial charge in [0, 0.05) is 17.1 Å². The standard InChI is InChI=1S/Al.Ca.Mn.O.Ti.5H. The van der Waals surface area contributed by atoms with Crippen molar-refractivity contribution in [3.63, 3.8) is 0 Å². The molecule has 0 aromatic carbocycles. The van der Waals surface area contributed by atoms with E-state index in [1.165, 1.54) is 0 Å². The number of rotatable bonds is 0. The van der Waals surface area contributed by atoms with Crippen LogP contribution in [0.25, 0.3) is 0 Å². The van der Waals surface area contributed by atoms with Crippen LogP contribution in [0.3, 0.4) is 0 Å². The van der Waals surface area contributed by atoms with Crippen LogP contribution in [0, 0.1) is 0 Å². The normalized spacial score (nSPS) is 0.600. The van der Waals surface area contributed by atoms with Crippen LogP contribution in [0.4, 0.5) is 0 Å². The summed E-state index contributed by atoms with van der Waals surface area (Å²) < 4.78 is 8.25. The second-order valence-electron chi connectivity index (χ2n) is 0. The summed E-state index contributed by atoms with van der Waals surface area (Å²) in [5.41, 5.74) is 0. The molecule has 0 saturated carbocycles. The third-order valence-corrected chi connectivity index (χ3v) is 0. The summed E-state index contributed by atoms with van der Waals surface area (Å²) in [6, 6.07) is 0. The van der Waals surface area contributed by atoms with Crippen molar-refractivity contribution in [1.29, 1.82) is 0 Å². The Labute approximate surface area is 94.0 Å². The molecule has 0 aromatic rings. The minimum atomic E-state index is 0. The average molecular weight is 191 g/mol.